The highest BCUT2D eigenvalue weighted by Crippen LogP contribution is 2.71. The Balaban J connectivity index is 1.84. The Morgan fingerprint density at radius 1 is 1.32 bits per heavy atom. The molecule has 0 radical (unpaired) electrons. The summed E-state index contributed by atoms with van der Waals surface area (Å²) in [4.78, 5) is 24.6. The van der Waals surface area contributed by atoms with Gasteiger partial charge in [-0.05, 0) is 55.6 Å². The first-order valence-electron chi connectivity index (χ1n) is 10.1. The van der Waals surface area contributed by atoms with Gasteiger partial charge in [0.25, 0.3) is 0 Å². The summed E-state index contributed by atoms with van der Waals surface area (Å²) >= 11 is 3.96. The van der Waals surface area contributed by atoms with Crippen LogP contribution in [0.1, 0.15) is 46.5 Å². The van der Waals surface area contributed by atoms with Gasteiger partial charge in [0.1, 0.15) is 12.2 Å². The SMILES string of the molecule is C[C@H]1C[C@H]2[C@@H]3CCC4=CC(=O)C=C[C@]4(C)[C@]3(Br)[C@H](O)C[C@]2(C)[C@@]1(O)C(=O)CO. The highest BCUT2D eigenvalue weighted by molar-refractivity contribution is 9.10. The number of aliphatic hydroxyl groups is 3. The van der Waals surface area contributed by atoms with Crippen LogP contribution in [0.15, 0.2) is 23.8 Å². The molecular weight excluding hydrogens is 424 g/mol. The minimum Gasteiger partial charge on any atom is -0.392 e. The van der Waals surface area contributed by atoms with Gasteiger partial charge in [-0.25, -0.2) is 0 Å². The van der Waals surface area contributed by atoms with Crippen LogP contribution < -0.4 is 0 Å². The first-order chi connectivity index (χ1) is 13.0. The van der Waals surface area contributed by atoms with Crippen LogP contribution in [0.25, 0.3) is 0 Å². The van der Waals surface area contributed by atoms with E-state index in [0.29, 0.717) is 6.42 Å². The van der Waals surface area contributed by atoms with E-state index in [4.69, 9.17) is 0 Å². The van der Waals surface area contributed by atoms with Crippen molar-refractivity contribution in [1.29, 1.82) is 0 Å². The molecule has 0 heterocycles. The highest BCUT2D eigenvalue weighted by atomic mass is 79.9. The second-order valence-electron chi connectivity index (χ2n) is 9.75. The molecule has 0 spiro atoms. The van der Waals surface area contributed by atoms with Crippen molar-refractivity contribution < 1.29 is 24.9 Å². The van der Waals surface area contributed by atoms with Gasteiger partial charge >= 0.3 is 0 Å². The summed E-state index contributed by atoms with van der Waals surface area (Å²) in [5.74, 6) is -0.809. The van der Waals surface area contributed by atoms with Gasteiger partial charge in [-0.15, -0.1) is 0 Å². The number of hydrogen-bond acceptors (Lipinski definition) is 5. The topological polar surface area (TPSA) is 94.8 Å². The number of ketones is 2. The summed E-state index contributed by atoms with van der Waals surface area (Å²) in [5.41, 5.74) is -1.92. The molecule has 0 amide bonds. The molecule has 4 rings (SSSR count). The van der Waals surface area contributed by atoms with Gasteiger partial charge in [0.05, 0.1) is 10.4 Å². The van der Waals surface area contributed by atoms with E-state index < -0.39 is 39.2 Å². The number of halogens is 1. The van der Waals surface area contributed by atoms with Crippen LogP contribution in [0.4, 0.5) is 0 Å². The van der Waals surface area contributed by atoms with E-state index in [1.165, 1.54) is 0 Å². The van der Waals surface area contributed by atoms with E-state index in [1.54, 1.807) is 12.2 Å². The standard InChI is InChI=1S/C22H29BrO5/c1-12-8-16-15-5-4-13-9-14(25)6-7-19(13,2)21(15,23)17(26)10-20(16,3)22(12,28)18(27)11-24/h6-7,9,12,15-17,24,26,28H,4-5,8,10-11H2,1-3H3/t12-,15-,16-,17+,19-,20-,21+,22-/m0/s1. The lowest BCUT2D eigenvalue weighted by atomic mass is 9.46. The largest absolute Gasteiger partial charge is 0.392 e. The lowest BCUT2D eigenvalue weighted by molar-refractivity contribution is -0.178. The van der Waals surface area contributed by atoms with Crippen molar-refractivity contribution in [1.82, 2.24) is 0 Å². The van der Waals surface area contributed by atoms with E-state index in [1.807, 2.05) is 19.9 Å². The Kier molecular flexibility index (Phi) is 4.45. The molecule has 0 aromatic carbocycles. The van der Waals surface area contributed by atoms with E-state index in [0.717, 1.165) is 18.4 Å². The molecule has 3 fully saturated rings. The Hall–Kier alpha value is -0.820. The lowest BCUT2D eigenvalue weighted by Crippen LogP contribution is -2.68. The molecule has 0 unspecified atom stereocenters. The average molecular weight is 453 g/mol. The van der Waals surface area contributed by atoms with Crippen molar-refractivity contribution in [2.24, 2.45) is 28.6 Å². The summed E-state index contributed by atoms with van der Waals surface area (Å²) in [6, 6.07) is 0. The molecule has 0 saturated heterocycles. The van der Waals surface area contributed by atoms with Crippen LogP contribution in [0.2, 0.25) is 0 Å². The Bertz CT molecular complexity index is 805. The number of aliphatic hydroxyl groups excluding tert-OH is 2. The number of carbonyl (C=O) groups excluding carboxylic acids is 2. The maximum absolute atomic E-state index is 12.6. The summed E-state index contributed by atoms with van der Waals surface area (Å²) in [5, 5.41) is 32.5. The molecule has 3 saturated carbocycles. The number of hydrogen-bond donors (Lipinski definition) is 3. The van der Waals surface area contributed by atoms with Gasteiger partial charge in [0.15, 0.2) is 11.6 Å². The Labute approximate surface area is 174 Å². The van der Waals surface area contributed by atoms with Gasteiger partial charge in [-0.1, -0.05) is 48.4 Å². The second-order valence-corrected chi connectivity index (χ2v) is 11.1. The monoisotopic (exact) mass is 452 g/mol. The molecule has 0 aliphatic heterocycles. The van der Waals surface area contributed by atoms with Crippen LogP contribution in [0, 0.1) is 28.6 Å². The van der Waals surface area contributed by atoms with E-state index >= 15 is 0 Å². The molecule has 5 nitrogen and oxygen atoms in total. The molecule has 4 aliphatic carbocycles. The summed E-state index contributed by atoms with van der Waals surface area (Å²) in [6.07, 6.45) is 6.85. The number of allylic oxidation sites excluding steroid dienone is 4. The zero-order valence-electron chi connectivity index (χ0n) is 16.6. The summed E-state index contributed by atoms with van der Waals surface area (Å²) < 4.78 is -0.668. The quantitative estimate of drug-likeness (QED) is 0.558. The zero-order chi connectivity index (χ0) is 20.7. The Morgan fingerprint density at radius 2 is 2.00 bits per heavy atom. The van der Waals surface area contributed by atoms with Gasteiger partial charge in [-0.2, -0.15) is 0 Å². The number of fused-ring (bicyclic) bond motifs is 5. The van der Waals surface area contributed by atoms with Gasteiger partial charge in [0.2, 0.25) is 0 Å². The van der Waals surface area contributed by atoms with Crippen molar-refractivity contribution in [3.8, 4) is 0 Å². The molecule has 0 bridgehead atoms. The molecular formula is C22H29BrO5. The number of alkyl halides is 1. The average Bonchev–Trinajstić information content (AvgIpc) is 2.84. The lowest BCUT2D eigenvalue weighted by Gasteiger charge is -2.64. The van der Waals surface area contributed by atoms with Crippen molar-refractivity contribution in [3.63, 3.8) is 0 Å². The zero-order valence-corrected chi connectivity index (χ0v) is 18.2. The maximum Gasteiger partial charge on any atom is 0.190 e. The second kappa shape index (κ2) is 6.10. The van der Waals surface area contributed by atoms with Gasteiger partial charge < -0.3 is 15.3 Å². The fourth-order valence-corrected chi connectivity index (χ4v) is 8.36. The smallest absolute Gasteiger partial charge is 0.190 e. The third-order valence-corrected chi connectivity index (χ3v) is 10.7. The molecule has 28 heavy (non-hydrogen) atoms. The molecule has 4 aliphatic rings. The predicted molar refractivity (Wildman–Crippen MR) is 108 cm³/mol. The molecule has 154 valence electrons. The van der Waals surface area contributed by atoms with Crippen LogP contribution >= 0.6 is 15.9 Å². The predicted octanol–water partition coefficient (Wildman–Crippen LogP) is 2.32. The molecule has 6 heteroatoms. The van der Waals surface area contributed by atoms with E-state index in [-0.39, 0.29) is 30.0 Å². The highest BCUT2D eigenvalue weighted by Gasteiger charge is 2.74. The number of rotatable bonds is 2. The van der Waals surface area contributed by atoms with E-state index in [9.17, 15) is 24.9 Å². The Morgan fingerprint density at radius 3 is 2.64 bits per heavy atom. The molecule has 0 aromatic heterocycles. The van der Waals surface area contributed by atoms with Crippen LogP contribution in [0.3, 0.4) is 0 Å². The van der Waals surface area contributed by atoms with Crippen molar-refractivity contribution in [3.05, 3.63) is 23.8 Å². The molecule has 0 aromatic rings. The normalized spacial score (nSPS) is 52.5. The number of carbonyl (C=O) groups is 2. The van der Waals surface area contributed by atoms with Crippen LogP contribution in [-0.4, -0.2) is 49.5 Å². The summed E-state index contributed by atoms with van der Waals surface area (Å²) in [6.45, 7) is 5.14. The minimum absolute atomic E-state index is 0.0189. The van der Waals surface area contributed by atoms with Crippen LogP contribution in [0.5, 0.6) is 0 Å². The fourth-order valence-electron chi connectivity index (χ4n) is 7.26. The van der Waals surface area contributed by atoms with Crippen molar-refractivity contribution >= 4 is 27.5 Å². The van der Waals surface area contributed by atoms with Gasteiger partial charge in [-0.3, -0.25) is 9.59 Å². The van der Waals surface area contributed by atoms with E-state index in [2.05, 4.69) is 22.9 Å². The van der Waals surface area contributed by atoms with Crippen LogP contribution in [-0.2, 0) is 9.59 Å². The number of Topliss-reactive ketones (excluding diaryl/α,β-unsaturated/α-hetero) is 1. The fraction of sp³-hybridized carbons (Fsp3) is 0.727. The first-order valence-corrected chi connectivity index (χ1v) is 10.9. The molecule has 3 N–H and O–H groups in total. The third kappa shape index (κ3) is 2.13. The van der Waals surface area contributed by atoms with Gasteiger partial charge in [0, 0.05) is 10.8 Å². The van der Waals surface area contributed by atoms with Crippen molar-refractivity contribution in [2.45, 2.75) is 62.5 Å². The van der Waals surface area contributed by atoms with Crippen molar-refractivity contribution in [2.75, 3.05) is 6.61 Å². The first kappa shape index (κ1) is 20.5. The third-order valence-electron chi connectivity index (χ3n) is 8.79. The maximum atomic E-state index is 12.6. The minimum atomic E-state index is -1.64. The summed E-state index contributed by atoms with van der Waals surface area (Å²) in [7, 11) is 0. The molecule has 8 atom stereocenters.